The highest BCUT2D eigenvalue weighted by molar-refractivity contribution is 7.16. The first-order valence-electron chi connectivity index (χ1n) is 7.07. The Morgan fingerprint density at radius 1 is 1.33 bits per heavy atom. The molecule has 5 nitrogen and oxygen atoms in total. The quantitative estimate of drug-likeness (QED) is 0.668. The van der Waals surface area contributed by atoms with Crippen molar-refractivity contribution in [3.05, 3.63) is 51.2 Å². The first-order valence-corrected chi connectivity index (χ1v) is 8.76. The van der Waals surface area contributed by atoms with E-state index < -0.39 is 0 Å². The van der Waals surface area contributed by atoms with Crippen LogP contribution < -0.4 is 4.80 Å². The molecule has 0 aliphatic carbocycles. The molecule has 1 amide bonds. The summed E-state index contributed by atoms with van der Waals surface area (Å²) in [7, 11) is 1.32. The summed E-state index contributed by atoms with van der Waals surface area (Å²) < 4.78 is 20.5. The van der Waals surface area contributed by atoms with E-state index in [2.05, 4.69) is 9.73 Å². The molecule has 24 heavy (non-hydrogen) atoms. The lowest BCUT2D eigenvalue weighted by Crippen LogP contribution is -2.19. The van der Waals surface area contributed by atoms with Gasteiger partial charge in [0, 0.05) is 6.54 Å². The number of aromatic nitrogens is 1. The van der Waals surface area contributed by atoms with E-state index in [0.29, 0.717) is 20.9 Å². The highest BCUT2D eigenvalue weighted by Crippen LogP contribution is 2.19. The Balaban J connectivity index is 2.07. The standard InChI is InChI=1S/C16H13FN2O3S2/c1-22-14(20)6-7-19-11-5-4-10(17)9-13(11)24-16(19)18-15(21)12-3-2-8-23-12/h2-5,8-9H,6-7H2,1H3. The van der Waals surface area contributed by atoms with Gasteiger partial charge in [-0.3, -0.25) is 9.59 Å². The molecule has 3 rings (SSSR count). The Bertz CT molecular complexity index is 958. The van der Waals surface area contributed by atoms with Gasteiger partial charge in [-0.1, -0.05) is 17.4 Å². The number of methoxy groups -OCH3 is 1. The van der Waals surface area contributed by atoms with Crippen LogP contribution in [-0.4, -0.2) is 23.6 Å². The highest BCUT2D eigenvalue weighted by Gasteiger charge is 2.12. The van der Waals surface area contributed by atoms with Gasteiger partial charge in [-0.05, 0) is 29.6 Å². The number of ether oxygens (including phenoxy) is 1. The molecule has 2 heterocycles. The van der Waals surface area contributed by atoms with E-state index in [1.54, 1.807) is 28.1 Å². The number of amides is 1. The van der Waals surface area contributed by atoms with E-state index >= 15 is 0 Å². The minimum absolute atomic E-state index is 0.139. The lowest BCUT2D eigenvalue weighted by Gasteiger charge is -2.04. The van der Waals surface area contributed by atoms with Crippen LogP contribution >= 0.6 is 22.7 Å². The van der Waals surface area contributed by atoms with Gasteiger partial charge in [0.25, 0.3) is 5.91 Å². The maximum absolute atomic E-state index is 13.5. The van der Waals surface area contributed by atoms with Crippen LogP contribution in [0.15, 0.2) is 40.7 Å². The number of benzene rings is 1. The van der Waals surface area contributed by atoms with Crippen molar-refractivity contribution in [3.63, 3.8) is 0 Å². The van der Waals surface area contributed by atoms with Crippen molar-refractivity contribution in [1.29, 1.82) is 0 Å². The van der Waals surface area contributed by atoms with Crippen molar-refractivity contribution in [2.75, 3.05) is 7.11 Å². The molecular formula is C16H13FN2O3S2. The van der Waals surface area contributed by atoms with Crippen molar-refractivity contribution < 1.29 is 18.7 Å². The molecule has 0 unspecified atom stereocenters. The number of rotatable bonds is 4. The van der Waals surface area contributed by atoms with Crippen molar-refractivity contribution in [2.24, 2.45) is 4.99 Å². The molecule has 3 aromatic rings. The molecule has 0 N–H and O–H groups in total. The molecule has 0 radical (unpaired) electrons. The maximum atomic E-state index is 13.5. The van der Waals surface area contributed by atoms with Gasteiger partial charge in [-0.15, -0.1) is 11.3 Å². The van der Waals surface area contributed by atoms with Gasteiger partial charge in [0.05, 0.1) is 28.6 Å². The summed E-state index contributed by atoms with van der Waals surface area (Å²) in [5.74, 6) is -1.08. The summed E-state index contributed by atoms with van der Waals surface area (Å²) >= 11 is 2.52. The molecule has 8 heteroatoms. The monoisotopic (exact) mass is 364 g/mol. The highest BCUT2D eigenvalue weighted by atomic mass is 32.1. The largest absolute Gasteiger partial charge is 0.469 e. The number of hydrogen-bond donors (Lipinski definition) is 0. The molecular weight excluding hydrogens is 351 g/mol. The number of carbonyl (C=O) groups excluding carboxylic acids is 2. The number of hydrogen-bond acceptors (Lipinski definition) is 5. The molecule has 0 aliphatic rings. The fraction of sp³-hybridized carbons (Fsp3) is 0.188. The van der Waals surface area contributed by atoms with Crippen LogP contribution in [0.5, 0.6) is 0 Å². The Morgan fingerprint density at radius 3 is 2.88 bits per heavy atom. The fourth-order valence-electron chi connectivity index (χ4n) is 2.20. The molecule has 0 fully saturated rings. The summed E-state index contributed by atoms with van der Waals surface area (Å²) in [5, 5.41) is 1.80. The van der Waals surface area contributed by atoms with Gasteiger partial charge in [-0.25, -0.2) is 4.39 Å². The third-order valence-electron chi connectivity index (χ3n) is 3.34. The Hall–Kier alpha value is -2.32. The number of halogens is 1. The van der Waals surface area contributed by atoms with E-state index in [1.165, 1.54) is 41.9 Å². The Kier molecular flexibility index (Phi) is 4.86. The molecule has 0 atom stereocenters. The first-order chi connectivity index (χ1) is 11.6. The third kappa shape index (κ3) is 3.44. The molecule has 0 saturated carbocycles. The van der Waals surface area contributed by atoms with Gasteiger partial charge in [0.1, 0.15) is 5.82 Å². The molecule has 0 bridgehead atoms. The average molecular weight is 364 g/mol. The molecule has 124 valence electrons. The molecule has 2 aromatic heterocycles. The van der Waals surface area contributed by atoms with Crippen LogP contribution in [-0.2, 0) is 16.1 Å². The normalized spacial score (nSPS) is 11.8. The zero-order chi connectivity index (χ0) is 17.1. The number of aryl methyl sites for hydroxylation is 1. The van der Waals surface area contributed by atoms with Crippen LogP contribution in [0.3, 0.4) is 0 Å². The summed E-state index contributed by atoms with van der Waals surface area (Å²) in [6, 6.07) is 7.83. The number of thiophene rings is 1. The van der Waals surface area contributed by atoms with Crippen molar-refractivity contribution in [3.8, 4) is 0 Å². The average Bonchev–Trinajstić information content (AvgIpc) is 3.20. The molecule has 0 saturated heterocycles. The summed E-state index contributed by atoms with van der Waals surface area (Å²) in [4.78, 5) is 28.8. The maximum Gasteiger partial charge on any atom is 0.307 e. The van der Waals surface area contributed by atoms with E-state index in [-0.39, 0.29) is 24.1 Å². The van der Waals surface area contributed by atoms with Crippen LogP contribution in [0.4, 0.5) is 4.39 Å². The number of fused-ring (bicyclic) bond motifs is 1. The molecule has 0 aliphatic heterocycles. The summed E-state index contributed by atoms with van der Waals surface area (Å²) in [6.45, 7) is 0.300. The fourth-order valence-corrected chi connectivity index (χ4v) is 3.88. The van der Waals surface area contributed by atoms with Crippen LogP contribution in [0.1, 0.15) is 16.1 Å². The van der Waals surface area contributed by atoms with Crippen LogP contribution in [0, 0.1) is 5.82 Å². The van der Waals surface area contributed by atoms with Crippen molar-refractivity contribution in [2.45, 2.75) is 13.0 Å². The predicted octanol–water partition coefficient (Wildman–Crippen LogP) is 3.21. The van der Waals surface area contributed by atoms with Crippen LogP contribution in [0.2, 0.25) is 0 Å². The van der Waals surface area contributed by atoms with Gasteiger partial charge in [-0.2, -0.15) is 4.99 Å². The van der Waals surface area contributed by atoms with Crippen molar-refractivity contribution >= 4 is 44.8 Å². The van der Waals surface area contributed by atoms with Crippen molar-refractivity contribution in [1.82, 2.24) is 4.57 Å². The Labute approximate surface area is 144 Å². The lowest BCUT2D eigenvalue weighted by molar-refractivity contribution is -0.140. The number of carbonyl (C=O) groups is 2. The lowest BCUT2D eigenvalue weighted by atomic mass is 10.3. The minimum atomic E-state index is -0.362. The molecule has 0 spiro atoms. The predicted molar refractivity (Wildman–Crippen MR) is 90.6 cm³/mol. The van der Waals surface area contributed by atoms with E-state index in [9.17, 15) is 14.0 Å². The first kappa shape index (κ1) is 16.5. The van der Waals surface area contributed by atoms with E-state index in [4.69, 9.17) is 0 Å². The topological polar surface area (TPSA) is 60.7 Å². The van der Waals surface area contributed by atoms with Gasteiger partial charge in [0.2, 0.25) is 0 Å². The number of nitrogens with zero attached hydrogens (tertiary/aromatic N) is 2. The summed E-state index contributed by atoms with van der Waals surface area (Å²) in [5.41, 5.74) is 0.725. The Morgan fingerprint density at radius 2 is 2.17 bits per heavy atom. The second kappa shape index (κ2) is 7.06. The van der Waals surface area contributed by atoms with E-state index in [0.717, 1.165) is 5.52 Å². The van der Waals surface area contributed by atoms with Gasteiger partial charge in [0.15, 0.2) is 4.80 Å². The second-order valence-electron chi connectivity index (χ2n) is 4.87. The second-order valence-corrected chi connectivity index (χ2v) is 6.83. The number of thiazole rings is 1. The number of esters is 1. The molecule has 1 aromatic carbocycles. The summed E-state index contributed by atoms with van der Waals surface area (Å²) in [6.07, 6.45) is 0.139. The zero-order valence-electron chi connectivity index (χ0n) is 12.7. The van der Waals surface area contributed by atoms with E-state index in [1.807, 2.05) is 0 Å². The smallest absolute Gasteiger partial charge is 0.307 e. The third-order valence-corrected chi connectivity index (χ3v) is 5.24. The zero-order valence-corrected chi connectivity index (χ0v) is 14.3. The van der Waals surface area contributed by atoms with Crippen LogP contribution in [0.25, 0.3) is 10.2 Å². The minimum Gasteiger partial charge on any atom is -0.469 e. The SMILES string of the molecule is COC(=O)CCn1c(=NC(=O)c2cccs2)sc2cc(F)ccc21. The van der Waals surface area contributed by atoms with Gasteiger partial charge < -0.3 is 9.30 Å². The van der Waals surface area contributed by atoms with Gasteiger partial charge >= 0.3 is 5.97 Å².